The van der Waals surface area contributed by atoms with Gasteiger partial charge >= 0.3 is 5.97 Å². The molecule has 0 bridgehead atoms. The van der Waals surface area contributed by atoms with Gasteiger partial charge in [-0.1, -0.05) is 0 Å². The van der Waals surface area contributed by atoms with Crippen molar-refractivity contribution in [3.63, 3.8) is 0 Å². The van der Waals surface area contributed by atoms with E-state index in [9.17, 15) is 14.9 Å². The normalized spacial score (nSPS) is 16.4. The molecule has 3 N–H and O–H groups in total. The molecular formula is C12H15N3O4. The Morgan fingerprint density at radius 2 is 2.05 bits per heavy atom. The molecule has 0 aromatic heterocycles. The monoisotopic (exact) mass is 265 g/mol. The van der Waals surface area contributed by atoms with Gasteiger partial charge in [0.05, 0.1) is 16.2 Å². The van der Waals surface area contributed by atoms with Crippen LogP contribution in [0.2, 0.25) is 0 Å². The van der Waals surface area contributed by atoms with E-state index >= 15 is 0 Å². The lowest BCUT2D eigenvalue weighted by molar-refractivity contribution is -0.384. The molecule has 1 heterocycles. The van der Waals surface area contributed by atoms with Gasteiger partial charge in [0.25, 0.3) is 5.69 Å². The van der Waals surface area contributed by atoms with Crippen molar-refractivity contribution in [1.29, 1.82) is 0 Å². The summed E-state index contributed by atoms with van der Waals surface area (Å²) in [4.78, 5) is 23.3. The molecule has 7 nitrogen and oxygen atoms in total. The minimum atomic E-state index is -1.08. The van der Waals surface area contributed by atoms with E-state index in [4.69, 9.17) is 10.8 Å². The van der Waals surface area contributed by atoms with Crippen molar-refractivity contribution in [3.8, 4) is 0 Å². The molecule has 0 saturated carbocycles. The van der Waals surface area contributed by atoms with Crippen LogP contribution in [0.5, 0.6) is 0 Å². The Kier molecular flexibility index (Phi) is 3.66. The fourth-order valence-electron chi connectivity index (χ4n) is 2.22. The van der Waals surface area contributed by atoms with Gasteiger partial charge < -0.3 is 15.7 Å². The second-order valence-corrected chi connectivity index (χ2v) is 4.59. The molecule has 1 aromatic carbocycles. The van der Waals surface area contributed by atoms with E-state index in [1.807, 2.05) is 4.90 Å². The van der Waals surface area contributed by atoms with Gasteiger partial charge in [0.2, 0.25) is 0 Å². The van der Waals surface area contributed by atoms with Crippen LogP contribution in [0.3, 0.4) is 0 Å². The fourth-order valence-corrected chi connectivity index (χ4v) is 2.22. The number of anilines is 1. The zero-order valence-corrected chi connectivity index (χ0v) is 10.3. The van der Waals surface area contributed by atoms with Crippen molar-refractivity contribution in [1.82, 2.24) is 0 Å². The zero-order valence-electron chi connectivity index (χ0n) is 10.3. The first-order chi connectivity index (χ1) is 8.99. The summed E-state index contributed by atoms with van der Waals surface area (Å²) >= 11 is 0. The van der Waals surface area contributed by atoms with Crippen LogP contribution in [0, 0.1) is 10.1 Å². The second kappa shape index (κ2) is 5.23. The molecule has 1 aliphatic rings. The number of carboxylic acids is 1. The number of carboxylic acid groups (broad SMARTS) is 1. The lowest BCUT2D eigenvalue weighted by Gasteiger charge is -2.32. The molecule has 0 spiro atoms. The van der Waals surface area contributed by atoms with Crippen molar-refractivity contribution >= 4 is 17.3 Å². The molecule has 102 valence electrons. The Morgan fingerprint density at radius 3 is 2.58 bits per heavy atom. The highest BCUT2D eigenvalue weighted by atomic mass is 16.6. The smallest absolute Gasteiger partial charge is 0.337 e. The summed E-state index contributed by atoms with van der Waals surface area (Å²) in [6.45, 7) is 1.23. The minimum Gasteiger partial charge on any atom is -0.478 e. The molecule has 7 heteroatoms. The second-order valence-electron chi connectivity index (χ2n) is 4.59. The first-order valence-corrected chi connectivity index (χ1v) is 6.01. The van der Waals surface area contributed by atoms with Crippen LogP contribution in [0.4, 0.5) is 11.4 Å². The SMILES string of the molecule is NC1CCN(c2cc([N+](=O)[O-])ccc2C(=O)O)CC1. The predicted molar refractivity (Wildman–Crippen MR) is 69.5 cm³/mol. The van der Waals surface area contributed by atoms with E-state index < -0.39 is 10.9 Å². The van der Waals surface area contributed by atoms with Gasteiger partial charge in [0.15, 0.2) is 0 Å². The third-order valence-corrected chi connectivity index (χ3v) is 3.30. The van der Waals surface area contributed by atoms with Crippen LogP contribution >= 0.6 is 0 Å². The van der Waals surface area contributed by atoms with Gasteiger partial charge in [0, 0.05) is 31.3 Å². The molecular weight excluding hydrogens is 250 g/mol. The predicted octanol–water partition coefficient (Wildman–Crippen LogP) is 1.22. The van der Waals surface area contributed by atoms with Gasteiger partial charge in [-0.2, -0.15) is 0 Å². The van der Waals surface area contributed by atoms with Crippen LogP contribution in [0.25, 0.3) is 0 Å². The van der Waals surface area contributed by atoms with Gasteiger partial charge in [-0.3, -0.25) is 10.1 Å². The third kappa shape index (κ3) is 2.82. The number of hydrogen-bond acceptors (Lipinski definition) is 5. The zero-order chi connectivity index (χ0) is 14.0. The summed E-state index contributed by atoms with van der Waals surface area (Å²) in [7, 11) is 0. The van der Waals surface area contributed by atoms with Crippen LogP contribution in [0.1, 0.15) is 23.2 Å². The fraction of sp³-hybridized carbons (Fsp3) is 0.417. The molecule has 1 saturated heterocycles. The molecule has 0 amide bonds. The van der Waals surface area contributed by atoms with Gasteiger partial charge in [0.1, 0.15) is 0 Å². The number of rotatable bonds is 3. The number of nitro benzene ring substituents is 1. The number of piperidine rings is 1. The molecule has 0 atom stereocenters. The number of nitro groups is 1. The molecule has 19 heavy (non-hydrogen) atoms. The maximum atomic E-state index is 11.2. The number of aromatic carboxylic acids is 1. The highest BCUT2D eigenvalue weighted by Crippen LogP contribution is 2.28. The Hall–Kier alpha value is -2.15. The first kappa shape index (κ1) is 13.3. The van der Waals surface area contributed by atoms with Gasteiger partial charge in [-0.05, 0) is 18.9 Å². The number of carbonyl (C=O) groups is 1. The van der Waals surface area contributed by atoms with E-state index in [0.717, 1.165) is 12.8 Å². The molecule has 0 radical (unpaired) electrons. The summed E-state index contributed by atoms with van der Waals surface area (Å²) in [6.07, 6.45) is 1.50. The molecule has 1 aliphatic heterocycles. The average molecular weight is 265 g/mol. The highest BCUT2D eigenvalue weighted by molar-refractivity contribution is 5.95. The molecule has 2 rings (SSSR count). The van der Waals surface area contributed by atoms with Gasteiger partial charge in [-0.25, -0.2) is 4.79 Å². The number of nitrogens with zero attached hydrogens (tertiary/aromatic N) is 2. The average Bonchev–Trinajstić information content (AvgIpc) is 2.38. The summed E-state index contributed by atoms with van der Waals surface area (Å²) < 4.78 is 0. The summed E-state index contributed by atoms with van der Waals surface area (Å²) in [5.41, 5.74) is 6.18. The molecule has 1 aromatic rings. The van der Waals surface area contributed by atoms with Crippen LogP contribution < -0.4 is 10.6 Å². The van der Waals surface area contributed by atoms with Crippen molar-refractivity contribution in [3.05, 3.63) is 33.9 Å². The molecule has 1 fully saturated rings. The lowest BCUT2D eigenvalue weighted by Crippen LogP contribution is -2.40. The van der Waals surface area contributed by atoms with Crippen molar-refractivity contribution in [2.24, 2.45) is 5.73 Å². The Labute approximate surface area is 109 Å². The van der Waals surface area contributed by atoms with Gasteiger partial charge in [-0.15, -0.1) is 0 Å². The topological polar surface area (TPSA) is 110 Å². The van der Waals surface area contributed by atoms with E-state index in [2.05, 4.69) is 0 Å². The number of non-ortho nitro benzene ring substituents is 1. The minimum absolute atomic E-state index is 0.0843. The Bertz CT molecular complexity index is 510. The maximum absolute atomic E-state index is 11.2. The van der Waals surface area contributed by atoms with Crippen molar-refractivity contribution < 1.29 is 14.8 Å². The first-order valence-electron chi connectivity index (χ1n) is 6.01. The number of hydrogen-bond donors (Lipinski definition) is 2. The maximum Gasteiger partial charge on any atom is 0.337 e. The lowest BCUT2D eigenvalue weighted by atomic mass is 10.0. The number of nitrogens with two attached hydrogens (primary N) is 1. The van der Waals surface area contributed by atoms with Crippen LogP contribution in [-0.4, -0.2) is 35.1 Å². The summed E-state index contributed by atoms with van der Waals surface area (Å²) in [5.74, 6) is -1.08. The van der Waals surface area contributed by atoms with E-state index in [0.29, 0.717) is 18.8 Å². The summed E-state index contributed by atoms with van der Waals surface area (Å²) in [6, 6.07) is 3.93. The van der Waals surface area contributed by atoms with Crippen LogP contribution in [0.15, 0.2) is 18.2 Å². The largest absolute Gasteiger partial charge is 0.478 e. The summed E-state index contributed by atoms with van der Waals surface area (Å²) in [5, 5.41) is 19.9. The Balaban J connectivity index is 2.37. The number of benzene rings is 1. The van der Waals surface area contributed by atoms with Crippen molar-refractivity contribution in [2.45, 2.75) is 18.9 Å². The van der Waals surface area contributed by atoms with Crippen molar-refractivity contribution in [2.75, 3.05) is 18.0 Å². The van der Waals surface area contributed by atoms with E-state index in [-0.39, 0.29) is 17.3 Å². The molecule has 0 aliphatic carbocycles. The van der Waals surface area contributed by atoms with Crippen LogP contribution in [-0.2, 0) is 0 Å². The highest BCUT2D eigenvalue weighted by Gasteiger charge is 2.23. The molecule has 0 unspecified atom stereocenters. The quantitative estimate of drug-likeness (QED) is 0.628. The standard InChI is InChI=1S/C12H15N3O4/c13-8-3-5-14(6-4-8)11-7-9(15(18)19)1-2-10(11)12(16)17/h1-2,7-8H,3-6,13H2,(H,16,17). The Morgan fingerprint density at radius 1 is 1.42 bits per heavy atom. The van der Waals surface area contributed by atoms with E-state index in [1.54, 1.807) is 0 Å². The van der Waals surface area contributed by atoms with E-state index in [1.165, 1.54) is 18.2 Å². The third-order valence-electron chi connectivity index (χ3n) is 3.30.